The molecular formula is C11H22N2. The van der Waals surface area contributed by atoms with E-state index in [2.05, 4.69) is 26.1 Å². The van der Waals surface area contributed by atoms with E-state index in [4.69, 9.17) is 5.73 Å². The highest BCUT2D eigenvalue weighted by Gasteiger charge is 2.41. The van der Waals surface area contributed by atoms with E-state index in [1.165, 1.54) is 19.3 Å². The van der Waals surface area contributed by atoms with Crippen molar-refractivity contribution in [2.75, 3.05) is 0 Å². The highest BCUT2D eigenvalue weighted by Crippen LogP contribution is 2.38. The number of nitrogens with one attached hydrogen (secondary N) is 1. The Morgan fingerprint density at radius 3 is 2.69 bits per heavy atom. The summed E-state index contributed by atoms with van der Waals surface area (Å²) < 4.78 is 0. The Balaban J connectivity index is 2.12. The molecule has 4 atom stereocenters. The summed E-state index contributed by atoms with van der Waals surface area (Å²) in [5.74, 6) is 1.46. The van der Waals surface area contributed by atoms with Crippen molar-refractivity contribution >= 4 is 0 Å². The van der Waals surface area contributed by atoms with Crippen molar-refractivity contribution in [3.8, 4) is 0 Å². The molecule has 2 aliphatic rings. The molecule has 3 N–H and O–H groups in total. The zero-order valence-corrected chi connectivity index (χ0v) is 9.01. The van der Waals surface area contributed by atoms with Crippen LogP contribution in [0.15, 0.2) is 0 Å². The quantitative estimate of drug-likeness (QED) is 0.596. The van der Waals surface area contributed by atoms with Crippen molar-refractivity contribution in [2.24, 2.45) is 17.6 Å². The van der Waals surface area contributed by atoms with Gasteiger partial charge in [-0.1, -0.05) is 6.92 Å². The van der Waals surface area contributed by atoms with E-state index in [9.17, 15) is 0 Å². The zero-order valence-electron chi connectivity index (χ0n) is 9.01. The van der Waals surface area contributed by atoms with Gasteiger partial charge >= 0.3 is 0 Å². The average Bonchev–Trinajstić information content (AvgIpc) is 1.97. The minimum atomic E-state index is 0.311. The molecule has 2 heteroatoms. The maximum atomic E-state index is 6.22. The predicted octanol–water partition coefficient (Wildman–Crippen LogP) is 1.50. The molecule has 0 amide bonds. The van der Waals surface area contributed by atoms with Crippen molar-refractivity contribution in [1.82, 2.24) is 5.32 Å². The summed E-state index contributed by atoms with van der Waals surface area (Å²) in [4.78, 5) is 0. The number of fused-ring (bicyclic) bond motifs is 2. The van der Waals surface area contributed by atoms with Crippen LogP contribution in [0.2, 0.25) is 0 Å². The Morgan fingerprint density at radius 1 is 1.31 bits per heavy atom. The van der Waals surface area contributed by atoms with Crippen LogP contribution >= 0.6 is 0 Å². The molecule has 13 heavy (non-hydrogen) atoms. The van der Waals surface area contributed by atoms with Gasteiger partial charge < -0.3 is 11.1 Å². The second-order valence-corrected chi connectivity index (χ2v) is 5.72. The number of rotatable bonds is 0. The van der Waals surface area contributed by atoms with Crippen molar-refractivity contribution in [3.05, 3.63) is 0 Å². The molecular weight excluding hydrogens is 160 g/mol. The van der Waals surface area contributed by atoms with Crippen LogP contribution in [0.4, 0.5) is 0 Å². The molecule has 2 bridgehead atoms. The van der Waals surface area contributed by atoms with E-state index in [0.717, 1.165) is 12.0 Å². The molecule has 1 saturated heterocycles. The van der Waals surface area contributed by atoms with Crippen molar-refractivity contribution in [3.63, 3.8) is 0 Å². The fourth-order valence-electron chi connectivity index (χ4n) is 3.29. The smallest absolute Gasteiger partial charge is 0.0130 e. The first-order valence-corrected chi connectivity index (χ1v) is 5.51. The molecule has 0 radical (unpaired) electrons. The lowest BCUT2D eigenvalue weighted by Gasteiger charge is -2.49. The topological polar surface area (TPSA) is 38.0 Å². The maximum Gasteiger partial charge on any atom is 0.0130 e. The molecule has 1 aliphatic carbocycles. The van der Waals surface area contributed by atoms with E-state index in [-0.39, 0.29) is 0 Å². The molecule has 2 fully saturated rings. The SMILES string of the molecule is CC1CC2CC(CC(C)(C)N2)C1N. The summed E-state index contributed by atoms with van der Waals surface area (Å²) in [6.45, 7) is 6.90. The average molecular weight is 182 g/mol. The van der Waals surface area contributed by atoms with Crippen LogP contribution in [0.25, 0.3) is 0 Å². The third kappa shape index (κ3) is 1.75. The highest BCUT2D eigenvalue weighted by molar-refractivity contribution is 5.00. The van der Waals surface area contributed by atoms with Gasteiger partial charge in [0.1, 0.15) is 0 Å². The Kier molecular flexibility index (Phi) is 2.16. The predicted molar refractivity (Wildman–Crippen MR) is 55.5 cm³/mol. The summed E-state index contributed by atoms with van der Waals surface area (Å²) in [5.41, 5.74) is 6.53. The van der Waals surface area contributed by atoms with Crippen LogP contribution in [0.1, 0.15) is 40.0 Å². The third-order valence-corrected chi connectivity index (χ3v) is 3.81. The zero-order chi connectivity index (χ0) is 9.64. The van der Waals surface area contributed by atoms with Gasteiger partial charge in [0.25, 0.3) is 0 Å². The lowest BCUT2D eigenvalue weighted by Crippen LogP contribution is -2.60. The van der Waals surface area contributed by atoms with Gasteiger partial charge in [0.2, 0.25) is 0 Å². The molecule has 2 nitrogen and oxygen atoms in total. The summed E-state index contributed by atoms with van der Waals surface area (Å²) in [5, 5.41) is 3.72. The fraction of sp³-hybridized carbons (Fsp3) is 1.00. The molecule has 76 valence electrons. The van der Waals surface area contributed by atoms with Gasteiger partial charge in [0.05, 0.1) is 0 Å². The first kappa shape index (κ1) is 9.47. The van der Waals surface area contributed by atoms with Crippen LogP contribution in [-0.2, 0) is 0 Å². The van der Waals surface area contributed by atoms with Crippen LogP contribution in [0.3, 0.4) is 0 Å². The first-order chi connectivity index (χ1) is 5.98. The summed E-state index contributed by atoms with van der Waals surface area (Å²) in [7, 11) is 0. The number of nitrogens with two attached hydrogens (primary N) is 1. The fourth-order valence-corrected chi connectivity index (χ4v) is 3.29. The van der Waals surface area contributed by atoms with Gasteiger partial charge in [0, 0.05) is 17.6 Å². The summed E-state index contributed by atoms with van der Waals surface area (Å²) >= 11 is 0. The lowest BCUT2D eigenvalue weighted by atomic mass is 9.68. The number of piperidine rings is 1. The van der Waals surface area contributed by atoms with Crippen LogP contribution < -0.4 is 11.1 Å². The molecule has 1 aliphatic heterocycles. The molecule has 1 saturated carbocycles. The summed E-state index contributed by atoms with van der Waals surface area (Å²) in [6.07, 6.45) is 3.81. The minimum absolute atomic E-state index is 0.311. The van der Waals surface area contributed by atoms with E-state index < -0.39 is 0 Å². The van der Waals surface area contributed by atoms with Crippen molar-refractivity contribution in [2.45, 2.75) is 57.7 Å². The van der Waals surface area contributed by atoms with Gasteiger partial charge in [-0.05, 0) is 44.9 Å². The second-order valence-electron chi connectivity index (χ2n) is 5.72. The minimum Gasteiger partial charge on any atom is -0.327 e. The second kappa shape index (κ2) is 2.96. The molecule has 1 heterocycles. The Bertz CT molecular complexity index is 198. The Labute approximate surface area is 81.3 Å². The van der Waals surface area contributed by atoms with Crippen molar-refractivity contribution in [1.29, 1.82) is 0 Å². The normalized spacial score (nSPS) is 48.9. The van der Waals surface area contributed by atoms with Crippen LogP contribution in [0, 0.1) is 11.8 Å². The number of hydrogen-bond donors (Lipinski definition) is 2. The largest absolute Gasteiger partial charge is 0.327 e. The molecule has 4 unspecified atom stereocenters. The van der Waals surface area contributed by atoms with Crippen LogP contribution in [0.5, 0.6) is 0 Å². The van der Waals surface area contributed by atoms with E-state index >= 15 is 0 Å². The Hall–Kier alpha value is -0.0800. The Morgan fingerprint density at radius 2 is 2.00 bits per heavy atom. The molecule has 0 aromatic carbocycles. The summed E-state index contributed by atoms with van der Waals surface area (Å²) in [6, 6.07) is 1.17. The standard InChI is InChI=1S/C11H22N2/c1-7-4-9-5-8(10(7)12)6-11(2,3)13-9/h7-10,13H,4-6,12H2,1-3H3. The molecule has 0 aromatic heterocycles. The maximum absolute atomic E-state index is 6.22. The van der Waals surface area contributed by atoms with Gasteiger partial charge in [-0.15, -0.1) is 0 Å². The third-order valence-electron chi connectivity index (χ3n) is 3.81. The molecule has 0 spiro atoms. The lowest BCUT2D eigenvalue weighted by molar-refractivity contribution is 0.0845. The van der Waals surface area contributed by atoms with Gasteiger partial charge in [0.15, 0.2) is 0 Å². The van der Waals surface area contributed by atoms with Gasteiger partial charge in [-0.25, -0.2) is 0 Å². The number of hydrogen-bond acceptors (Lipinski definition) is 2. The van der Waals surface area contributed by atoms with Crippen LogP contribution in [-0.4, -0.2) is 17.6 Å². The first-order valence-electron chi connectivity index (χ1n) is 5.51. The highest BCUT2D eigenvalue weighted by atomic mass is 15.0. The van der Waals surface area contributed by atoms with Gasteiger partial charge in [-0.3, -0.25) is 0 Å². The van der Waals surface area contributed by atoms with E-state index in [1.807, 2.05) is 0 Å². The monoisotopic (exact) mass is 182 g/mol. The van der Waals surface area contributed by atoms with E-state index in [1.54, 1.807) is 0 Å². The molecule has 0 aromatic rings. The molecule has 2 rings (SSSR count). The van der Waals surface area contributed by atoms with E-state index in [0.29, 0.717) is 17.5 Å². The van der Waals surface area contributed by atoms with Crippen molar-refractivity contribution < 1.29 is 0 Å². The van der Waals surface area contributed by atoms with Gasteiger partial charge in [-0.2, -0.15) is 0 Å².